The fourth-order valence-electron chi connectivity index (χ4n) is 3.68. The Morgan fingerprint density at radius 2 is 2.12 bits per heavy atom. The van der Waals surface area contributed by atoms with E-state index in [1.165, 1.54) is 6.20 Å². The number of hydrogen-bond donors (Lipinski definition) is 2. The van der Waals surface area contributed by atoms with Crippen LogP contribution in [0.1, 0.15) is 37.5 Å². The van der Waals surface area contributed by atoms with Crippen LogP contribution in [0.2, 0.25) is 10.0 Å². The standard InChI is InChI=1S/C23H21Cl2FN4O2/c1-11-6-13(7-14(9-27)22(11)31-3)21(29)16-8-15(4-5-18(16)28)32-12(2)19-17(24)10-30-23(26)20(19)25/h4-6,8,10,12,14,29H,7,28H2,1-3H3/p+1/t12-,14?/m1/s1. The minimum atomic E-state index is -0.827. The Morgan fingerprint density at radius 1 is 1.41 bits per heavy atom. The number of nitrogens with zero attached hydrogens (tertiary/aromatic N) is 2. The third-order valence-corrected chi connectivity index (χ3v) is 5.90. The van der Waals surface area contributed by atoms with E-state index in [2.05, 4.69) is 11.1 Å². The van der Waals surface area contributed by atoms with Crippen molar-refractivity contribution in [2.24, 2.45) is 5.92 Å². The van der Waals surface area contributed by atoms with Crippen molar-refractivity contribution in [1.82, 2.24) is 4.98 Å². The van der Waals surface area contributed by atoms with Gasteiger partial charge < -0.3 is 15.2 Å². The molecule has 0 aliphatic heterocycles. The number of benzene rings is 1. The summed E-state index contributed by atoms with van der Waals surface area (Å²) in [7, 11) is 1.54. The molecule has 1 aromatic carbocycles. The molecule has 166 valence electrons. The highest BCUT2D eigenvalue weighted by Gasteiger charge is 2.29. The van der Waals surface area contributed by atoms with Gasteiger partial charge >= 0.3 is 0 Å². The number of halogens is 3. The van der Waals surface area contributed by atoms with Crippen molar-refractivity contribution in [3.05, 3.63) is 74.5 Å². The molecule has 1 aliphatic carbocycles. The van der Waals surface area contributed by atoms with Crippen molar-refractivity contribution >= 4 is 34.6 Å². The first-order chi connectivity index (χ1) is 15.2. The molecule has 0 amide bonds. The second-order valence-corrected chi connectivity index (χ2v) is 8.14. The van der Waals surface area contributed by atoms with E-state index < -0.39 is 18.0 Å². The SMILES string of the molecule is COC1=C(C)C=C(C(=[NH2+])c2cc(O[C@H](C)c3c(Cl)cnc(F)c3Cl)ccc2N)CC1C#N. The summed E-state index contributed by atoms with van der Waals surface area (Å²) in [6, 6.07) is 7.27. The average Bonchev–Trinajstić information content (AvgIpc) is 2.76. The van der Waals surface area contributed by atoms with Crippen molar-refractivity contribution < 1.29 is 19.3 Å². The minimum Gasteiger partial charge on any atom is -0.499 e. The molecular formula is C23H22Cl2FN4O2+. The van der Waals surface area contributed by atoms with Gasteiger partial charge in [-0.15, -0.1) is 0 Å². The lowest BCUT2D eigenvalue weighted by molar-refractivity contribution is -0.112. The van der Waals surface area contributed by atoms with Gasteiger partial charge in [0.1, 0.15) is 28.6 Å². The monoisotopic (exact) mass is 475 g/mol. The number of allylic oxidation sites excluding steroid dienone is 4. The summed E-state index contributed by atoms with van der Waals surface area (Å²) in [4.78, 5) is 3.50. The molecule has 1 unspecified atom stereocenters. The lowest BCUT2D eigenvalue weighted by Crippen LogP contribution is -2.42. The zero-order valence-electron chi connectivity index (χ0n) is 17.7. The van der Waals surface area contributed by atoms with Gasteiger partial charge in [-0.1, -0.05) is 23.2 Å². The summed E-state index contributed by atoms with van der Waals surface area (Å²) in [5.74, 6) is -0.203. The molecule has 4 N–H and O–H groups in total. The number of rotatable bonds is 6. The highest BCUT2D eigenvalue weighted by atomic mass is 35.5. The third kappa shape index (κ3) is 4.57. The van der Waals surface area contributed by atoms with Crippen molar-refractivity contribution in [2.45, 2.75) is 26.4 Å². The summed E-state index contributed by atoms with van der Waals surface area (Å²) < 4.78 is 25.1. The van der Waals surface area contributed by atoms with E-state index in [-0.39, 0.29) is 15.6 Å². The molecule has 3 rings (SSSR count). The van der Waals surface area contributed by atoms with E-state index in [4.69, 9.17) is 43.8 Å². The summed E-state index contributed by atoms with van der Waals surface area (Å²) in [5, 5.41) is 16.0. The molecule has 0 spiro atoms. The van der Waals surface area contributed by atoms with Crippen LogP contribution < -0.4 is 15.9 Å². The second-order valence-electron chi connectivity index (χ2n) is 7.35. The van der Waals surface area contributed by atoms with Crippen LogP contribution in [0.15, 0.2) is 47.4 Å². The molecule has 0 saturated carbocycles. The van der Waals surface area contributed by atoms with Crippen molar-refractivity contribution in [3.8, 4) is 11.8 Å². The van der Waals surface area contributed by atoms with Crippen LogP contribution in [0.25, 0.3) is 0 Å². The van der Waals surface area contributed by atoms with Crippen LogP contribution in [0, 0.1) is 23.2 Å². The molecule has 2 atom stereocenters. The number of hydrogen-bond acceptors (Lipinski definition) is 5. The predicted molar refractivity (Wildman–Crippen MR) is 122 cm³/mol. The fraction of sp³-hybridized carbons (Fsp3) is 0.261. The molecule has 6 nitrogen and oxygen atoms in total. The summed E-state index contributed by atoms with van der Waals surface area (Å²) >= 11 is 12.2. The molecule has 0 saturated heterocycles. The topological polar surface area (TPSA) is 107 Å². The Labute approximate surface area is 195 Å². The lowest BCUT2D eigenvalue weighted by atomic mass is 9.85. The number of anilines is 1. The molecule has 0 fully saturated rings. The van der Waals surface area contributed by atoms with E-state index >= 15 is 0 Å². The Hall–Kier alpha value is -3.08. The normalized spacial score (nSPS) is 16.8. The maximum atomic E-state index is 13.8. The molecule has 0 radical (unpaired) electrons. The first-order valence-electron chi connectivity index (χ1n) is 9.71. The summed E-state index contributed by atoms with van der Waals surface area (Å²) in [5.41, 5.74) is 9.50. The highest BCUT2D eigenvalue weighted by Crippen LogP contribution is 2.36. The molecule has 1 aromatic heterocycles. The van der Waals surface area contributed by atoms with Crippen LogP contribution >= 0.6 is 23.2 Å². The van der Waals surface area contributed by atoms with Crippen molar-refractivity contribution in [3.63, 3.8) is 0 Å². The number of methoxy groups -OCH3 is 1. The van der Waals surface area contributed by atoms with E-state index in [1.807, 2.05) is 13.0 Å². The van der Waals surface area contributed by atoms with E-state index in [0.29, 0.717) is 34.9 Å². The Morgan fingerprint density at radius 3 is 2.78 bits per heavy atom. The second kappa shape index (κ2) is 9.60. The lowest BCUT2D eigenvalue weighted by Gasteiger charge is -2.21. The number of nitrogen functional groups attached to an aromatic ring is 1. The van der Waals surface area contributed by atoms with E-state index in [0.717, 1.165) is 11.1 Å². The van der Waals surface area contributed by atoms with Crippen LogP contribution in [0.3, 0.4) is 0 Å². The van der Waals surface area contributed by atoms with Gasteiger partial charge in [0.15, 0.2) is 0 Å². The molecule has 9 heteroatoms. The number of nitrogens with two attached hydrogens (primary N) is 2. The van der Waals surface area contributed by atoms with Crippen molar-refractivity contribution in [1.29, 1.82) is 5.26 Å². The van der Waals surface area contributed by atoms with Gasteiger partial charge in [0.2, 0.25) is 11.7 Å². The van der Waals surface area contributed by atoms with Gasteiger partial charge in [-0.2, -0.15) is 9.65 Å². The molecular weight excluding hydrogens is 454 g/mol. The molecule has 1 aliphatic rings. The van der Waals surface area contributed by atoms with Crippen molar-refractivity contribution in [2.75, 3.05) is 12.8 Å². The zero-order chi connectivity index (χ0) is 23.6. The maximum Gasteiger partial charge on any atom is 0.232 e. The van der Waals surface area contributed by atoms with Crippen LogP contribution in [-0.2, 0) is 4.74 Å². The fourth-order valence-corrected chi connectivity index (χ4v) is 4.33. The average molecular weight is 476 g/mol. The van der Waals surface area contributed by atoms with Crippen LogP contribution in [0.5, 0.6) is 5.75 Å². The Bertz CT molecular complexity index is 1190. The molecule has 1 heterocycles. The van der Waals surface area contributed by atoms with E-state index in [1.54, 1.807) is 32.2 Å². The summed E-state index contributed by atoms with van der Waals surface area (Å²) in [6.45, 7) is 3.55. The zero-order valence-corrected chi connectivity index (χ0v) is 19.3. The van der Waals surface area contributed by atoms with Gasteiger partial charge in [-0.05, 0) is 43.7 Å². The minimum absolute atomic E-state index is 0.191. The quantitative estimate of drug-likeness (QED) is 0.370. The predicted octanol–water partition coefficient (Wildman–Crippen LogP) is 4.19. The van der Waals surface area contributed by atoms with Gasteiger partial charge in [0, 0.05) is 29.4 Å². The third-order valence-electron chi connectivity index (χ3n) is 5.24. The largest absolute Gasteiger partial charge is 0.499 e. The van der Waals surface area contributed by atoms with Gasteiger partial charge in [0.05, 0.1) is 23.8 Å². The summed E-state index contributed by atoms with van der Waals surface area (Å²) in [6.07, 6.45) is 2.79. The molecule has 32 heavy (non-hydrogen) atoms. The highest BCUT2D eigenvalue weighted by molar-refractivity contribution is 6.35. The number of pyridine rings is 1. The Kier molecular flexibility index (Phi) is 7.07. The van der Waals surface area contributed by atoms with Gasteiger partial charge in [0.25, 0.3) is 0 Å². The number of aromatic nitrogens is 1. The smallest absolute Gasteiger partial charge is 0.232 e. The van der Waals surface area contributed by atoms with Crippen LogP contribution in [0.4, 0.5) is 10.1 Å². The maximum absolute atomic E-state index is 13.8. The number of nitriles is 1. The first-order valence-corrected chi connectivity index (χ1v) is 10.5. The van der Waals surface area contributed by atoms with E-state index in [9.17, 15) is 9.65 Å². The van der Waals surface area contributed by atoms with Crippen LogP contribution in [-0.4, -0.2) is 17.8 Å². The number of ether oxygens (including phenoxy) is 2. The Balaban J connectivity index is 1.92. The first kappa shape index (κ1) is 23.6. The van der Waals surface area contributed by atoms with Gasteiger partial charge in [-0.3, -0.25) is 5.41 Å². The van der Waals surface area contributed by atoms with Gasteiger partial charge in [-0.25, -0.2) is 4.98 Å². The molecule has 2 aromatic rings. The molecule has 0 bridgehead atoms.